The Balaban J connectivity index is 0.975. The summed E-state index contributed by atoms with van der Waals surface area (Å²) < 4.78 is 4.78. The van der Waals surface area contributed by atoms with Gasteiger partial charge in [-0.2, -0.15) is 0 Å². The van der Waals surface area contributed by atoms with Gasteiger partial charge in [-0.25, -0.2) is 15.0 Å². The first-order chi connectivity index (χ1) is 27.7. The zero-order valence-corrected chi connectivity index (χ0v) is 30.9. The Morgan fingerprint density at radius 1 is 0.375 bits per heavy atom. The highest BCUT2D eigenvalue weighted by atomic mass is 32.1. The molecule has 0 atom stereocenters. The minimum atomic E-state index is 0.623. The van der Waals surface area contributed by atoms with Crippen molar-refractivity contribution in [1.29, 1.82) is 0 Å². The van der Waals surface area contributed by atoms with Crippen molar-refractivity contribution < 1.29 is 0 Å². The molecule has 0 aliphatic rings. The van der Waals surface area contributed by atoms with Gasteiger partial charge in [0.25, 0.3) is 0 Å². The van der Waals surface area contributed by atoms with Gasteiger partial charge in [-0.1, -0.05) is 146 Å². The van der Waals surface area contributed by atoms with Crippen LogP contribution in [0.15, 0.2) is 188 Å². The quantitative estimate of drug-likeness (QED) is 0.171. The first-order valence-electron chi connectivity index (χ1n) is 18.6. The van der Waals surface area contributed by atoms with Crippen molar-refractivity contribution in [2.75, 3.05) is 0 Å². The lowest BCUT2D eigenvalue weighted by atomic mass is 10.0. The van der Waals surface area contributed by atoms with E-state index in [2.05, 4.69) is 150 Å². The average molecular weight is 734 g/mol. The van der Waals surface area contributed by atoms with Crippen LogP contribution in [-0.2, 0) is 0 Å². The maximum atomic E-state index is 5.01. The van der Waals surface area contributed by atoms with Crippen LogP contribution >= 0.6 is 11.3 Å². The largest absolute Gasteiger partial charge is 0.309 e. The number of hydrogen-bond acceptors (Lipinski definition) is 5. The minimum Gasteiger partial charge on any atom is -0.309 e. The maximum absolute atomic E-state index is 5.01. The van der Waals surface area contributed by atoms with Gasteiger partial charge in [-0.15, -0.1) is 11.3 Å². The predicted octanol–water partition coefficient (Wildman–Crippen LogP) is 13.1. The molecule has 56 heavy (non-hydrogen) atoms. The van der Waals surface area contributed by atoms with Gasteiger partial charge in [0.05, 0.1) is 21.4 Å². The molecule has 0 aliphatic carbocycles. The summed E-state index contributed by atoms with van der Waals surface area (Å²) in [5.41, 5.74) is 10.7. The second-order valence-corrected chi connectivity index (χ2v) is 14.9. The van der Waals surface area contributed by atoms with Gasteiger partial charge >= 0.3 is 0 Å². The zero-order chi connectivity index (χ0) is 37.0. The summed E-state index contributed by atoms with van der Waals surface area (Å²) in [6.45, 7) is 0. The second kappa shape index (κ2) is 13.2. The molecule has 0 saturated carbocycles. The molecule has 11 aromatic rings. The fraction of sp³-hybridized carbons (Fsp3) is 0. The summed E-state index contributed by atoms with van der Waals surface area (Å²) in [6.07, 6.45) is 1.93. The number of fused-ring (bicyclic) bond motifs is 6. The number of hydrogen-bond donors (Lipinski definition) is 0. The molecular weight excluding hydrogens is 703 g/mol. The molecule has 0 radical (unpaired) electrons. The van der Waals surface area contributed by atoms with Crippen LogP contribution in [0.1, 0.15) is 0 Å². The molecule has 7 aromatic carbocycles. The molecule has 0 saturated heterocycles. The third kappa shape index (κ3) is 5.46. The van der Waals surface area contributed by atoms with Crippen molar-refractivity contribution in [3.8, 4) is 62.2 Å². The van der Waals surface area contributed by atoms with Gasteiger partial charge < -0.3 is 4.57 Å². The Kier molecular flexibility index (Phi) is 7.60. The number of aromatic nitrogens is 5. The van der Waals surface area contributed by atoms with Crippen molar-refractivity contribution in [3.05, 3.63) is 188 Å². The summed E-state index contributed by atoms with van der Waals surface area (Å²) in [5, 5.41) is 4.95. The van der Waals surface area contributed by atoms with Crippen molar-refractivity contribution >= 4 is 53.3 Å². The predicted molar refractivity (Wildman–Crippen MR) is 232 cm³/mol. The van der Waals surface area contributed by atoms with Gasteiger partial charge in [0.15, 0.2) is 17.5 Å². The molecule has 0 unspecified atom stereocenters. The van der Waals surface area contributed by atoms with E-state index in [1.807, 2.05) is 42.6 Å². The van der Waals surface area contributed by atoms with E-state index < -0.39 is 0 Å². The lowest BCUT2D eigenvalue weighted by Crippen LogP contribution is -2.00. The van der Waals surface area contributed by atoms with Crippen LogP contribution in [-0.4, -0.2) is 24.5 Å². The van der Waals surface area contributed by atoms with E-state index in [0.717, 1.165) is 39.2 Å². The van der Waals surface area contributed by atoms with Crippen LogP contribution in [0.4, 0.5) is 0 Å². The Morgan fingerprint density at radius 2 is 0.857 bits per heavy atom. The first-order valence-corrected chi connectivity index (χ1v) is 19.4. The maximum Gasteiger partial charge on any atom is 0.164 e. The van der Waals surface area contributed by atoms with Gasteiger partial charge in [0, 0.05) is 60.4 Å². The molecule has 4 heterocycles. The number of para-hydroxylation sites is 2. The second-order valence-electron chi connectivity index (χ2n) is 13.9. The molecule has 0 aliphatic heterocycles. The van der Waals surface area contributed by atoms with Crippen LogP contribution in [0, 0.1) is 0 Å². The monoisotopic (exact) mass is 733 g/mol. The number of rotatable bonds is 6. The SMILES string of the molecule is c1ccc(-c2ccc(-c3nc(-c4ccccc4)nc(-c4ccc(-c5nccc6c5sc5ccc(-n7c8ccccc8c8ccccc87)cc56)cc4)n3)cc2)cc1. The fourth-order valence-electron chi connectivity index (χ4n) is 7.81. The van der Waals surface area contributed by atoms with Crippen LogP contribution < -0.4 is 0 Å². The Labute approximate surface area is 326 Å². The van der Waals surface area contributed by atoms with Crippen LogP contribution in [0.2, 0.25) is 0 Å². The van der Waals surface area contributed by atoms with Gasteiger partial charge in [0.2, 0.25) is 0 Å². The summed E-state index contributed by atoms with van der Waals surface area (Å²) in [6, 6.07) is 63.6. The molecule has 5 nitrogen and oxygen atoms in total. The molecule has 0 fully saturated rings. The molecular formula is C50H31N5S. The van der Waals surface area contributed by atoms with Crippen molar-refractivity contribution in [1.82, 2.24) is 24.5 Å². The number of pyridine rings is 1. The lowest BCUT2D eigenvalue weighted by Gasteiger charge is -2.10. The van der Waals surface area contributed by atoms with Crippen molar-refractivity contribution in [2.24, 2.45) is 0 Å². The van der Waals surface area contributed by atoms with Crippen molar-refractivity contribution in [2.45, 2.75) is 0 Å². The number of benzene rings is 7. The lowest BCUT2D eigenvalue weighted by molar-refractivity contribution is 1.07. The molecule has 0 amide bonds. The van der Waals surface area contributed by atoms with Crippen LogP contribution in [0.25, 0.3) is 104 Å². The highest BCUT2D eigenvalue weighted by Gasteiger charge is 2.17. The summed E-state index contributed by atoms with van der Waals surface area (Å²) in [7, 11) is 0. The van der Waals surface area contributed by atoms with Crippen molar-refractivity contribution in [3.63, 3.8) is 0 Å². The molecule has 6 heteroatoms. The van der Waals surface area contributed by atoms with Gasteiger partial charge in [-0.05, 0) is 47.5 Å². The van der Waals surface area contributed by atoms with E-state index in [0.29, 0.717) is 17.5 Å². The standard InChI is InChI=1S/C50H31N5S/c1-3-11-32(12-4-1)33-19-23-36(24-20-33)49-52-48(35-13-5-2-6-14-35)53-50(54-49)37-25-21-34(22-26-37)46-47-41(29-30-51-46)42-31-38(27-28-45(42)56-47)55-43-17-9-7-15-39(43)40-16-8-10-18-44(40)55/h1-31H. The fourth-order valence-corrected chi connectivity index (χ4v) is 9.00. The van der Waals surface area contributed by atoms with Crippen LogP contribution in [0.3, 0.4) is 0 Å². The zero-order valence-electron chi connectivity index (χ0n) is 30.0. The molecule has 4 aromatic heterocycles. The molecule has 0 bridgehead atoms. The molecule has 262 valence electrons. The Hall–Kier alpha value is -7.28. The highest BCUT2D eigenvalue weighted by molar-refractivity contribution is 7.26. The molecule has 0 spiro atoms. The number of nitrogens with zero attached hydrogens (tertiary/aromatic N) is 5. The van der Waals surface area contributed by atoms with E-state index in [1.54, 1.807) is 11.3 Å². The molecule has 0 N–H and O–H groups in total. The van der Waals surface area contributed by atoms with E-state index >= 15 is 0 Å². The third-order valence-corrected chi connectivity index (χ3v) is 11.7. The molecule has 11 rings (SSSR count). The Bertz CT molecular complexity index is 3170. The van der Waals surface area contributed by atoms with E-state index in [9.17, 15) is 0 Å². The van der Waals surface area contributed by atoms with Crippen LogP contribution in [0.5, 0.6) is 0 Å². The topological polar surface area (TPSA) is 56.5 Å². The minimum absolute atomic E-state index is 0.623. The summed E-state index contributed by atoms with van der Waals surface area (Å²) in [5.74, 6) is 1.89. The van der Waals surface area contributed by atoms with Gasteiger partial charge in [-0.3, -0.25) is 4.98 Å². The summed E-state index contributed by atoms with van der Waals surface area (Å²) in [4.78, 5) is 19.9. The van der Waals surface area contributed by atoms with E-state index in [1.165, 1.54) is 47.5 Å². The third-order valence-electron chi connectivity index (χ3n) is 10.5. The van der Waals surface area contributed by atoms with E-state index in [-0.39, 0.29) is 0 Å². The number of thiophene rings is 1. The normalized spacial score (nSPS) is 11.6. The summed E-state index contributed by atoms with van der Waals surface area (Å²) >= 11 is 1.79. The average Bonchev–Trinajstić information content (AvgIpc) is 3.82. The Morgan fingerprint density at radius 3 is 1.46 bits per heavy atom. The highest BCUT2D eigenvalue weighted by Crippen LogP contribution is 2.41. The van der Waals surface area contributed by atoms with E-state index in [4.69, 9.17) is 19.9 Å². The van der Waals surface area contributed by atoms with Gasteiger partial charge in [0.1, 0.15) is 0 Å². The first kappa shape index (κ1) is 32.2. The smallest absolute Gasteiger partial charge is 0.164 e.